The van der Waals surface area contributed by atoms with E-state index in [1.807, 2.05) is 19.1 Å². The number of rotatable bonds is 5. The average molecular weight is 284 g/mol. The van der Waals surface area contributed by atoms with Gasteiger partial charge in [-0.15, -0.1) is 0 Å². The van der Waals surface area contributed by atoms with Crippen molar-refractivity contribution in [3.05, 3.63) is 53.7 Å². The maximum absolute atomic E-state index is 12.1. The van der Waals surface area contributed by atoms with E-state index in [4.69, 9.17) is 4.74 Å². The van der Waals surface area contributed by atoms with E-state index in [0.717, 1.165) is 11.3 Å². The molecule has 2 aromatic rings. The highest BCUT2D eigenvalue weighted by Crippen LogP contribution is 2.14. The first-order valence-electron chi connectivity index (χ1n) is 7.01. The van der Waals surface area contributed by atoms with E-state index in [-0.39, 0.29) is 5.91 Å². The predicted molar refractivity (Wildman–Crippen MR) is 83.7 cm³/mol. The molecule has 1 aromatic heterocycles. The van der Waals surface area contributed by atoms with Gasteiger partial charge in [0.15, 0.2) is 0 Å². The van der Waals surface area contributed by atoms with E-state index in [2.05, 4.69) is 24.1 Å². The molecule has 0 saturated heterocycles. The first kappa shape index (κ1) is 15.0. The zero-order valence-electron chi connectivity index (χ0n) is 12.6. The first-order valence-corrected chi connectivity index (χ1v) is 7.01. The second-order valence-corrected chi connectivity index (χ2v) is 5.40. The molecule has 0 fully saturated rings. The number of benzene rings is 1. The van der Waals surface area contributed by atoms with Gasteiger partial charge >= 0.3 is 0 Å². The lowest BCUT2D eigenvalue weighted by atomic mass is 10.2. The minimum atomic E-state index is -0.177. The SMILES string of the molecule is Cc1ccnc(NC(=O)c2ccc(OCC(C)C)cc2)c1. The average Bonchev–Trinajstić information content (AvgIpc) is 2.45. The highest BCUT2D eigenvalue weighted by atomic mass is 16.5. The summed E-state index contributed by atoms with van der Waals surface area (Å²) in [6.07, 6.45) is 1.67. The van der Waals surface area contributed by atoms with Gasteiger partial charge in [0.2, 0.25) is 0 Å². The summed E-state index contributed by atoms with van der Waals surface area (Å²) < 4.78 is 5.59. The van der Waals surface area contributed by atoms with Crippen LogP contribution in [0.3, 0.4) is 0 Å². The van der Waals surface area contributed by atoms with Crippen LogP contribution in [0.25, 0.3) is 0 Å². The Kier molecular flexibility index (Phi) is 4.93. The lowest BCUT2D eigenvalue weighted by Crippen LogP contribution is -2.13. The van der Waals surface area contributed by atoms with Gasteiger partial charge in [-0.05, 0) is 54.8 Å². The normalized spacial score (nSPS) is 10.5. The van der Waals surface area contributed by atoms with Gasteiger partial charge in [-0.3, -0.25) is 4.79 Å². The molecule has 0 aliphatic carbocycles. The molecule has 1 amide bonds. The lowest BCUT2D eigenvalue weighted by Gasteiger charge is -2.09. The fraction of sp³-hybridized carbons (Fsp3) is 0.294. The minimum Gasteiger partial charge on any atom is -0.493 e. The summed E-state index contributed by atoms with van der Waals surface area (Å²) >= 11 is 0. The Morgan fingerprint density at radius 1 is 1.24 bits per heavy atom. The van der Waals surface area contributed by atoms with Gasteiger partial charge < -0.3 is 10.1 Å². The van der Waals surface area contributed by atoms with E-state index in [1.54, 1.807) is 30.5 Å². The third kappa shape index (κ3) is 4.60. The Morgan fingerprint density at radius 2 is 1.95 bits per heavy atom. The number of pyridine rings is 1. The Bertz CT molecular complexity index is 606. The number of ether oxygens (including phenoxy) is 1. The maximum Gasteiger partial charge on any atom is 0.256 e. The van der Waals surface area contributed by atoms with Crippen molar-refractivity contribution in [3.63, 3.8) is 0 Å². The highest BCUT2D eigenvalue weighted by Gasteiger charge is 2.07. The molecule has 110 valence electrons. The number of hydrogen-bond acceptors (Lipinski definition) is 3. The number of amides is 1. The van der Waals surface area contributed by atoms with Crippen molar-refractivity contribution in [1.82, 2.24) is 4.98 Å². The molecule has 21 heavy (non-hydrogen) atoms. The number of nitrogens with one attached hydrogen (secondary N) is 1. The highest BCUT2D eigenvalue weighted by molar-refractivity contribution is 6.03. The summed E-state index contributed by atoms with van der Waals surface area (Å²) in [5.41, 5.74) is 1.63. The van der Waals surface area contributed by atoms with Crippen molar-refractivity contribution >= 4 is 11.7 Å². The summed E-state index contributed by atoms with van der Waals surface area (Å²) in [5, 5.41) is 2.78. The number of nitrogens with zero attached hydrogens (tertiary/aromatic N) is 1. The molecule has 4 nitrogen and oxygen atoms in total. The molecular weight excluding hydrogens is 264 g/mol. The third-order valence-corrected chi connectivity index (χ3v) is 2.86. The third-order valence-electron chi connectivity index (χ3n) is 2.86. The number of anilines is 1. The van der Waals surface area contributed by atoms with E-state index >= 15 is 0 Å². The molecule has 0 spiro atoms. The standard InChI is InChI=1S/C17H20N2O2/c1-12(2)11-21-15-6-4-14(5-7-15)17(20)19-16-10-13(3)8-9-18-16/h4-10,12H,11H2,1-3H3,(H,18,19,20). The lowest BCUT2D eigenvalue weighted by molar-refractivity contribution is 0.102. The van der Waals surface area contributed by atoms with Crippen LogP contribution < -0.4 is 10.1 Å². The summed E-state index contributed by atoms with van der Waals surface area (Å²) in [4.78, 5) is 16.2. The molecular formula is C17H20N2O2. The van der Waals surface area contributed by atoms with E-state index in [0.29, 0.717) is 23.9 Å². The molecule has 2 rings (SSSR count). The summed E-state index contributed by atoms with van der Waals surface area (Å²) in [7, 11) is 0. The summed E-state index contributed by atoms with van der Waals surface area (Å²) in [6, 6.07) is 10.8. The van der Waals surface area contributed by atoms with Crippen molar-refractivity contribution in [3.8, 4) is 5.75 Å². The molecule has 0 aliphatic heterocycles. The van der Waals surface area contributed by atoms with Crippen LogP contribution in [0.2, 0.25) is 0 Å². The summed E-state index contributed by atoms with van der Waals surface area (Å²) in [5.74, 6) is 1.62. The van der Waals surface area contributed by atoms with Crippen molar-refractivity contribution < 1.29 is 9.53 Å². The van der Waals surface area contributed by atoms with Crippen molar-refractivity contribution in [1.29, 1.82) is 0 Å². The summed E-state index contributed by atoms with van der Waals surface area (Å²) in [6.45, 7) is 6.81. The number of carbonyl (C=O) groups excluding carboxylic acids is 1. The maximum atomic E-state index is 12.1. The van der Waals surface area contributed by atoms with Crippen LogP contribution in [-0.2, 0) is 0 Å². The van der Waals surface area contributed by atoms with Crippen LogP contribution in [0, 0.1) is 12.8 Å². The molecule has 0 aliphatic rings. The topological polar surface area (TPSA) is 51.2 Å². The monoisotopic (exact) mass is 284 g/mol. The van der Waals surface area contributed by atoms with Gasteiger partial charge in [-0.1, -0.05) is 13.8 Å². The Hall–Kier alpha value is -2.36. The Labute approximate surface area is 125 Å². The minimum absolute atomic E-state index is 0.177. The molecule has 0 atom stereocenters. The second kappa shape index (κ2) is 6.88. The molecule has 0 radical (unpaired) electrons. The fourth-order valence-electron chi connectivity index (χ4n) is 1.76. The van der Waals surface area contributed by atoms with Crippen LogP contribution in [-0.4, -0.2) is 17.5 Å². The molecule has 0 saturated carbocycles. The van der Waals surface area contributed by atoms with Gasteiger partial charge in [0, 0.05) is 11.8 Å². The molecule has 1 heterocycles. The van der Waals surface area contributed by atoms with Crippen LogP contribution in [0.4, 0.5) is 5.82 Å². The Balaban J connectivity index is 1.99. The van der Waals surface area contributed by atoms with E-state index in [1.165, 1.54) is 0 Å². The zero-order chi connectivity index (χ0) is 15.2. The smallest absolute Gasteiger partial charge is 0.256 e. The number of hydrogen-bond donors (Lipinski definition) is 1. The van der Waals surface area contributed by atoms with Gasteiger partial charge in [0.25, 0.3) is 5.91 Å². The van der Waals surface area contributed by atoms with Crippen molar-refractivity contribution in [2.45, 2.75) is 20.8 Å². The van der Waals surface area contributed by atoms with Crippen molar-refractivity contribution in [2.75, 3.05) is 11.9 Å². The number of aromatic nitrogens is 1. The van der Waals surface area contributed by atoms with Gasteiger partial charge in [0.1, 0.15) is 11.6 Å². The van der Waals surface area contributed by atoms with Crippen LogP contribution in [0.5, 0.6) is 5.75 Å². The predicted octanol–water partition coefficient (Wildman–Crippen LogP) is 3.68. The first-order chi connectivity index (χ1) is 10.0. The van der Waals surface area contributed by atoms with E-state index in [9.17, 15) is 4.79 Å². The molecule has 0 unspecified atom stereocenters. The van der Waals surface area contributed by atoms with Crippen LogP contribution in [0.1, 0.15) is 29.8 Å². The molecule has 0 bridgehead atoms. The van der Waals surface area contributed by atoms with E-state index < -0.39 is 0 Å². The molecule has 1 N–H and O–H groups in total. The quantitative estimate of drug-likeness (QED) is 0.911. The zero-order valence-corrected chi connectivity index (χ0v) is 12.6. The second-order valence-electron chi connectivity index (χ2n) is 5.40. The van der Waals surface area contributed by atoms with Gasteiger partial charge in [-0.25, -0.2) is 4.98 Å². The van der Waals surface area contributed by atoms with Gasteiger partial charge in [-0.2, -0.15) is 0 Å². The number of carbonyl (C=O) groups is 1. The van der Waals surface area contributed by atoms with Crippen LogP contribution >= 0.6 is 0 Å². The Morgan fingerprint density at radius 3 is 2.57 bits per heavy atom. The van der Waals surface area contributed by atoms with Crippen LogP contribution in [0.15, 0.2) is 42.6 Å². The molecule has 1 aromatic carbocycles. The number of aryl methyl sites for hydroxylation is 1. The van der Waals surface area contributed by atoms with Gasteiger partial charge in [0.05, 0.1) is 6.61 Å². The van der Waals surface area contributed by atoms with Crippen molar-refractivity contribution in [2.24, 2.45) is 5.92 Å². The fourth-order valence-corrected chi connectivity index (χ4v) is 1.76. The molecule has 4 heteroatoms. The largest absolute Gasteiger partial charge is 0.493 e.